The molecule has 0 saturated carbocycles. The maximum absolute atomic E-state index is 4.12. The highest BCUT2D eigenvalue weighted by Crippen LogP contribution is 2.17. The first-order chi connectivity index (χ1) is 8.16. The molecule has 0 aromatic carbocycles. The highest BCUT2D eigenvalue weighted by molar-refractivity contribution is 4.96. The van der Waals surface area contributed by atoms with E-state index in [2.05, 4.69) is 33.6 Å². The third kappa shape index (κ3) is 3.30. The van der Waals surface area contributed by atoms with Gasteiger partial charge in [-0.15, -0.1) is 0 Å². The van der Waals surface area contributed by atoms with Gasteiger partial charge in [0.25, 0.3) is 0 Å². The number of aromatic nitrogens is 2. The number of nitrogens with one attached hydrogen (secondary N) is 1. The number of nitrogens with zero attached hydrogens (tertiary/aromatic N) is 3. The summed E-state index contributed by atoms with van der Waals surface area (Å²) >= 11 is 0. The Hall–Kier alpha value is -0.870. The van der Waals surface area contributed by atoms with E-state index < -0.39 is 0 Å². The van der Waals surface area contributed by atoms with Crippen molar-refractivity contribution in [2.45, 2.75) is 32.9 Å². The molecule has 1 atom stereocenters. The summed E-state index contributed by atoms with van der Waals surface area (Å²) in [6, 6.07) is 0.692. The number of hydrogen-bond donors (Lipinski definition) is 1. The fourth-order valence-electron chi connectivity index (χ4n) is 2.46. The molecule has 4 heteroatoms. The van der Waals surface area contributed by atoms with Crippen LogP contribution in [0.1, 0.15) is 26.0 Å². The Morgan fingerprint density at radius 2 is 2.35 bits per heavy atom. The number of hydrogen-bond acceptors (Lipinski definition) is 3. The Labute approximate surface area is 104 Å². The lowest BCUT2D eigenvalue weighted by Crippen LogP contribution is -2.30. The molecule has 1 aromatic rings. The van der Waals surface area contributed by atoms with Gasteiger partial charge in [-0.1, -0.05) is 0 Å². The van der Waals surface area contributed by atoms with Crippen molar-refractivity contribution in [2.75, 3.05) is 19.6 Å². The fraction of sp³-hybridized carbons (Fsp3) is 0.769. The number of aryl methyl sites for hydroxylation is 1. The SMILES string of the molecule is CC(C)N1CCC(CNCc2cncn2C)C1. The van der Waals surface area contributed by atoms with Gasteiger partial charge in [0.15, 0.2) is 0 Å². The molecular weight excluding hydrogens is 212 g/mol. The maximum atomic E-state index is 4.12. The Morgan fingerprint density at radius 1 is 1.53 bits per heavy atom. The first-order valence-electron chi connectivity index (χ1n) is 6.56. The Kier molecular flexibility index (Phi) is 4.18. The third-order valence-electron chi connectivity index (χ3n) is 3.70. The molecular formula is C13H24N4. The van der Waals surface area contributed by atoms with Crippen molar-refractivity contribution >= 4 is 0 Å². The highest BCUT2D eigenvalue weighted by atomic mass is 15.2. The summed E-state index contributed by atoms with van der Waals surface area (Å²) in [5, 5.41) is 3.54. The summed E-state index contributed by atoms with van der Waals surface area (Å²) in [6.07, 6.45) is 5.12. The van der Waals surface area contributed by atoms with Crippen molar-refractivity contribution in [1.29, 1.82) is 0 Å². The zero-order chi connectivity index (χ0) is 12.3. The average Bonchev–Trinajstić information content (AvgIpc) is 2.89. The van der Waals surface area contributed by atoms with E-state index in [0.29, 0.717) is 6.04 Å². The first kappa shape index (κ1) is 12.6. The van der Waals surface area contributed by atoms with Crippen LogP contribution in [0.15, 0.2) is 12.5 Å². The van der Waals surface area contributed by atoms with Crippen LogP contribution in [0.25, 0.3) is 0 Å². The van der Waals surface area contributed by atoms with Crippen LogP contribution in [0.3, 0.4) is 0 Å². The van der Waals surface area contributed by atoms with Gasteiger partial charge < -0.3 is 14.8 Å². The van der Waals surface area contributed by atoms with Gasteiger partial charge in [-0.3, -0.25) is 0 Å². The van der Waals surface area contributed by atoms with E-state index in [0.717, 1.165) is 19.0 Å². The van der Waals surface area contributed by atoms with E-state index in [-0.39, 0.29) is 0 Å². The Morgan fingerprint density at radius 3 is 2.94 bits per heavy atom. The van der Waals surface area contributed by atoms with Crippen LogP contribution in [-0.4, -0.2) is 40.1 Å². The zero-order valence-corrected chi connectivity index (χ0v) is 11.2. The molecule has 1 unspecified atom stereocenters. The Bertz CT molecular complexity index is 345. The second-order valence-corrected chi connectivity index (χ2v) is 5.37. The topological polar surface area (TPSA) is 33.1 Å². The maximum Gasteiger partial charge on any atom is 0.0945 e. The van der Waals surface area contributed by atoms with Crippen molar-refractivity contribution < 1.29 is 0 Å². The van der Waals surface area contributed by atoms with Crippen LogP contribution < -0.4 is 5.32 Å². The van der Waals surface area contributed by atoms with Crippen LogP contribution in [-0.2, 0) is 13.6 Å². The number of imidazole rings is 1. The van der Waals surface area contributed by atoms with Crippen LogP contribution in [0.2, 0.25) is 0 Å². The molecule has 1 aromatic heterocycles. The largest absolute Gasteiger partial charge is 0.337 e. The predicted molar refractivity (Wildman–Crippen MR) is 69.7 cm³/mol. The van der Waals surface area contributed by atoms with E-state index in [9.17, 15) is 0 Å². The molecule has 96 valence electrons. The molecule has 0 spiro atoms. The fourth-order valence-corrected chi connectivity index (χ4v) is 2.46. The smallest absolute Gasteiger partial charge is 0.0945 e. The lowest BCUT2D eigenvalue weighted by Gasteiger charge is -2.20. The van der Waals surface area contributed by atoms with E-state index in [1.807, 2.05) is 19.6 Å². The molecule has 1 aliphatic rings. The van der Waals surface area contributed by atoms with Crippen LogP contribution in [0, 0.1) is 5.92 Å². The normalized spacial score (nSPS) is 21.5. The van der Waals surface area contributed by atoms with Crippen LogP contribution in [0.5, 0.6) is 0 Å². The van der Waals surface area contributed by atoms with Crippen molar-refractivity contribution in [2.24, 2.45) is 13.0 Å². The van der Waals surface area contributed by atoms with E-state index >= 15 is 0 Å². The Balaban J connectivity index is 1.68. The van der Waals surface area contributed by atoms with E-state index in [4.69, 9.17) is 0 Å². The van der Waals surface area contributed by atoms with Gasteiger partial charge in [-0.25, -0.2) is 4.98 Å². The number of rotatable bonds is 5. The minimum Gasteiger partial charge on any atom is -0.337 e. The van der Waals surface area contributed by atoms with E-state index in [1.165, 1.54) is 25.2 Å². The molecule has 1 N–H and O–H groups in total. The molecule has 0 radical (unpaired) electrons. The number of likely N-dealkylation sites (tertiary alicyclic amines) is 1. The highest BCUT2D eigenvalue weighted by Gasteiger charge is 2.23. The van der Waals surface area contributed by atoms with Crippen LogP contribution in [0.4, 0.5) is 0 Å². The van der Waals surface area contributed by atoms with Crippen molar-refractivity contribution in [3.8, 4) is 0 Å². The van der Waals surface area contributed by atoms with Crippen LogP contribution >= 0.6 is 0 Å². The lowest BCUT2D eigenvalue weighted by atomic mass is 10.1. The molecule has 2 heterocycles. The summed E-state index contributed by atoms with van der Waals surface area (Å²) in [7, 11) is 2.04. The summed E-state index contributed by atoms with van der Waals surface area (Å²) in [6.45, 7) is 9.12. The molecule has 1 fully saturated rings. The molecule has 1 aliphatic heterocycles. The van der Waals surface area contributed by atoms with Gasteiger partial charge in [0.2, 0.25) is 0 Å². The van der Waals surface area contributed by atoms with Gasteiger partial charge >= 0.3 is 0 Å². The van der Waals surface area contributed by atoms with Gasteiger partial charge in [0.1, 0.15) is 0 Å². The third-order valence-corrected chi connectivity index (χ3v) is 3.70. The van der Waals surface area contributed by atoms with Crippen molar-refractivity contribution in [3.05, 3.63) is 18.2 Å². The monoisotopic (exact) mass is 236 g/mol. The lowest BCUT2D eigenvalue weighted by molar-refractivity contribution is 0.264. The molecule has 0 amide bonds. The quantitative estimate of drug-likeness (QED) is 0.835. The van der Waals surface area contributed by atoms with Crippen molar-refractivity contribution in [1.82, 2.24) is 19.8 Å². The minimum absolute atomic E-state index is 0.692. The molecule has 0 bridgehead atoms. The van der Waals surface area contributed by atoms with Gasteiger partial charge in [0.05, 0.1) is 12.0 Å². The van der Waals surface area contributed by atoms with Gasteiger partial charge in [-0.05, 0) is 39.3 Å². The second kappa shape index (κ2) is 5.65. The second-order valence-electron chi connectivity index (χ2n) is 5.37. The molecule has 2 rings (SSSR count). The summed E-state index contributed by atoms with van der Waals surface area (Å²) in [5.41, 5.74) is 1.25. The molecule has 17 heavy (non-hydrogen) atoms. The van der Waals surface area contributed by atoms with Gasteiger partial charge in [0, 0.05) is 32.4 Å². The zero-order valence-electron chi connectivity index (χ0n) is 11.2. The molecule has 0 aliphatic carbocycles. The first-order valence-corrected chi connectivity index (χ1v) is 6.56. The van der Waals surface area contributed by atoms with E-state index in [1.54, 1.807) is 0 Å². The van der Waals surface area contributed by atoms with Gasteiger partial charge in [-0.2, -0.15) is 0 Å². The predicted octanol–water partition coefficient (Wildman–Crippen LogP) is 1.24. The summed E-state index contributed by atoms with van der Waals surface area (Å²) < 4.78 is 2.07. The molecule has 4 nitrogen and oxygen atoms in total. The average molecular weight is 236 g/mol. The molecule has 1 saturated heterocycles. The summed E-state index contributed by atoms with van der Waals surface area (Å²) in [4.78, 5) is 6.69. The standard InChI is InChI=1S/C13H24N4/c1-11(2)17-5-4-12(9-17)6-14-7-13-8-15-10-16(13)3/h8,10-12,14H,4-7,9H2,1-3H3. The van der Waals surface area contributed by atoms with Crippen molar-refractivity contribution in [3.63, 3.8) is 0 Å². The minimum atomic E-state index is 0.692. The summed E-state index contributed by atoms with van der Waals surface area (Å²) in [5.74, 6) is 0.811.